The van der Waals surface area contributed by atoms with Crippen molar-refractivity contribution >= 4 is 17.3 Å². The van der Waals surface area contributed by atoms with Crippen molar-refractivity contribution in [3.05, 3.63) is 58.6 Å². The number of ether oxygens (including phenoxy) is 1. The molecule has 0 heterocycles. The predicted molar refractivity (Wildman–Crippen MR) is 82.6 cm³/mol. The SMILES string of the molecule is COc1cccc(C(O)CNc2cc(Cl)ccc2C)c1. The van der Waals surface area contributed by atoms with Gasteiger partial charge in [-0.15, -0.1) is 0 Å². The van der Waals surface area contributed by atoms with E-state index in [1.807, 2.05) is 49.4 Å². The third-order valence-electron chi connectivity index (χ3n) is 3.16. The lowest BCUT2D eigenvalue weighted by Crippen LogP contribution is -2.12. The van der Waals surface area contributed by atoms with Gasteiger partial charge in [-0.3, -0.25) is 0 Å². The van der Waals surface area contributed by atoms with Crippen molar-refractivity contribution in [1.29, 1.82) is 0 Å². The Morgan fingerprint density at radius 2 is 2.05 bits per heavy atom. The number of anilines is 1. The minimum atomic E-state index is -0.608. The van der Waals surface area contributed by atoms with Gasteiger partial charge in [-0.25, -0.2) is 0 Å². The van der Waals surface area contributed by atoms with Crippen LogP contribution in [0.1, 0.15) is 17.2 Å². The lowest BCUT2D eigenvalue weighted by atomic mass is 10.1. The van der Waals surface area contributed by atoms with E-state index in [-0.39, 0.29) is 0 Å². The van der Waals surface area contributed by atoms with E-state index in [1.54, 1.807) is 7.11 Å². The molecule has 2 aromatic rings. The number of hydrogen-bond donors (Lipinski definition) is 2. The number of aliphatic hydroxyl groups excluding tert-OH is 1. The molecule has 0 aromatic heterocycles. The van der Waals surface area contributed by atoms with Crippen molar-refractivity contribution in [3.8, 4) is 5.75 Å². The molecule has 106 valence electrons. The van der Waals surface area contributed by atoms with Gasteiger partial charge in [-0.2, -0.15) is 0 Å². The molecule has 2 N–H and O–H groups in total. The third-order valence-corrected chi connectivity index (χ3v) is 3.40. The minimum Gasteiger partial charge on any atom is -0.497 e. The van der Waals surface area contributed by atoms with Crippen molar-refractivity contribution in [2.24, 2.45) is 0 Å². The number of aliphatic hydroxyl groups is 1. The predicted octanol–water partition coefficient (Wildman–Crippen LogP) is 3.80. The Labute approximate surface area is 124 Å². The molecule has 0 saturated carbocycles. The average Bonchev–Trinajstić information content (AvgIpc) is 2.48. The van der Waals surface area contributed by atoms with Crippen LogP contribution < -0.4 is 10.1 Å². The smallest absolute Gasteiger partial charge is 0.119 e. The molecule has 0 fully saturated rings. The maximum Gasteiger partial charge on any atom is 0.119 e. The molecule has 0 radical (unpaired) electrons. The Kier molecular flexibility index (Phi) is 4.88. The molecule has 0 bridgehead atoms. The fourth-order valence-corrected chi connectivity index (χ4v) is 2.13. The number of halogens is 1. The number of hydrogen-bond acceptors (Lipinski definition) is 3. The molecule has 3 nitrogen and oxygen atoms in total. The van der Waals surface area contributed by atoms with E-state index in [4.69, 9.17) is 16.3 Å². The first kappa shape index (κ1) is 14.7. The number of nitrogens with one attached hydrogen (secondary N) is 1. The zero-order valence-electron chi connectivity index (χ0n) is 11.6. The van der Waals surface area contributed by atoms with Crippen LogP contribution in [0.2, 0.25) is 5.02 Å². The summed E-state index contributed by atoms with van der Waals surface area (Å²) in [6.45, 7) is 2.41. The van der Waals surface area contributed by atoms with Gasteiger partial charge >= 0.3 is 0 Å². The lowest BCUT2D eigenvalue weighted by molar-refractivity contribution is 0.191. The molecule has 1 atom stereocenters. The Bertz CT molecular complexity index is 586. The average molecular weight is 292 g/mol. The Morgan fingerprint density at radius 1 is 1.25 bits per heavy atom. The van der Waals surface area contributed by atoms with E-state index in [9.17, 15) is 5.11 Å². The van der Waals surface area contributed by atoms with Crippen molar-refractivity contribution in [2.45, 2.75) is 13.0 Å². The van der Waals surface area contributed by atoms with E-state index in [2.05, 4.69) is 5.32 Å². The van der Waals surface area contributed by atoms with Crippen LogP contribution in [0.25, 0.3) is 0 Å². The van der Waals surface area contributed by atoms with Crippen molar-refractivity contribution in [3.63, 3.8) is 0 Å². The van der Waals surface area contributed by atoms with Gasteiger partial charge in [0.2, 0.25) is 0 Å². The summed E-state index contributed by atoms with van der Waals surface area (Å²) in [7, 11) is 1.61. The van der Waals surface area contributed by atoms with Crippen LogP contribution in [0.15, 0.2) is 42.5 Å². The normalized spacial score (nSPS) is 12.0. The molecule has 20 heavy (non-hydrogen) atoms. The summed E-state index contributed by atoms with van der Waals surface area (Å²) >= 11 is 5.97. The van der Waals surface area contributed by atoms with Gasteiger partial charge in [0.25, 0.3) is 0 Å². The first-order valence-electron chi connectivity index (χ1n) is 6.42. The van der Waals surface area contributed by atoms with Crippen LogP contribution in [0, 0.1) is 6.92 Å². The van der Waals surface area contributed by atoms with Crippen LogP contribution in [-0.2, 0) is 0 Å². The van der Waals surface area contributed by atoms with Gasteiger partial charge in [-0.05, 0) is 42.3 Å². The molecular weight excluding hydrogens is 274 g/mol. The molecule has 0 saturated heterocycles. The summed E-state index contributed by atoms with van der Waals surface area (Å²) in [6.07, 6.45) is -0.608. The van der Waals surface area contributed by atoms with Crippen LogP contribution in [0.4, 0.5) is 5.69 Å². The second kappa shape index (κ2) is 6.64. The molecule has 2 aromatic carbocycles. The molecule has 1 unspecified atom stereocenters. The second-order valence-electron chi connectivity index (χ2n) is 4.63. The van der Waals surface area contributed by atoms with Crippen LogP contribution >= 0.6 is 11.6 Å². The van der Waals surface area contributed by atoms with Gasteiger partial charge in [-0.1, -0.05) is 29.8 Å². The number of rotatable bonds is 5. The third kappa shape index (κ3) is 3.65. The Morgan fingerprint density at radius 3 is 2.80 bits per heavy atom. The quantitative estimate of drug-likeness (QED) is 0.880. The number of benzene rings is 2. The Hall–Kier alpha value is -1.71. The monoisotopic (exact) mass is 291 g/mol. The zero-order chi connectivity index (χ0) is 14.5. The summed E-state index contributed by atoms with van der Waals surface area (Å²) in [5, 5.41) is 14.1. The highest BCUT2D eigenvalue weighted by Crippen LogP contribution is 2.23. The second-order valence-corrected chi connectivity index (χ2v) is 5.07. The van der Waals surface area contributed by atoms with E-state index in [0.717, 1.165) is 22.6 Å². The van der Waals surface area contributed by atoms with Gasteiger partial charge in [0.1, 0.15) is 5.75 Å². The molecule has 0 amide bonds. The van der Waals surface area contributed by atoms with Gasteiger partial charge in [0, 0.05) is 17.3 Å². The van der Waals surface area contributed by atoms with E-state index in [1.165, 1.54) is 0 Å². The molecule has 0 spiro atoms. The van der Waals surface area contributed by atoms with E-state index >= 15 is 0 Å². The Balaban J connectivity index is 2.04. The molecule has 0 aliphatic heterocycles. The maximum atomic E-state index is 10.2. The molecule has 0 aliphatic rings. The summed E-state index contributed by atoms with van der Waals surface area (Å²) in [5.74, 6) is 0.737. The molecule has 4 heteroatoms. The first-order chi connectivity index (χ1) is 9.60. The summed E-state index contributed by atoms with van der Waals surface area (Å²) in [6, 6.07) is 13.1. The fraction of sp³-hybridized carbons (Fsp3) is 0.250. The van der Waals surface area contributed by atoms with E-state index < -0.39 is 6.10 Å². The number of aryl methyl sites for hydroxylation is 1. The van der Waals surface area contributed by atoms with Gasteiger partial charge < -0.3 is 15.2 Å². The highest BCUT2D eigenvalue weighted by molar-refractivity contribution is 6.30. The summed E-state index contributed by atoms with van der Waals surface area (Å²) in [5.41, 5.74) is 2.84. The lowest BCUT2D eigenvalue weighted by Gasteiger charge is -2.15. The molecule has 0 aliphatic carbocycles. The standard InChI is InChI=1S/C16H18ClNO2/c1-11-6-7-13(17)9-15(11)18-10-16(19)12-4-3-5-14(8-12)20-2/h3-9,16,18-19H,10H2,1-2H3. The van der Waals surface area contributed by atoms with Crippen molar-refractivity contribution < 1.29 is 9.84 Å². The maximum absolute atomic E-state index is 10.2. The van der Waals surface area contributed by atoms with Crippen molar-refractivity contribution in [2.75, 3.05) is 19.0 Å². The van der Waals surface area contributed by atoms with Crippen LogP contribution in [-0.4, -0.2) is 18.8 Å². The largest absolute Gasteiger partial charge is 0.497 e. The minimum absolute atomic E-state index is 0.411. The number of methoxy groups -OCH3 is 1. The first-order valence-corrected chi connectivity index (χ1v) is 6.80. The highest BCUT2D eigenvalue weighted by atomic mass is 35.5. The summed E-state index contributed by atoms with van der Waals surface area (Å²) < 4.78 is 5.15. The summed E-state index contributed by atoms with van der Waals surface area (Å²) in [4.78, 5) is 0. The van der Waals surface area contributed by atoms with Gasteiger partial charge in [0.05, 0.1) is 13.2 Å². The zero-order valence-corrected chi connectivity index (χ0v) is 12.3. The fourth-order valence-electron chi connectivity index (χ4n) is 1.96. The van der Waals surface area contributed by atoms with E-state index in [0.29, 0.717) is 11.6 Å². The van der Waals surface area contributed by atoms with Gasteiger partial charge in [0.15, 0.2) is 0 Å². The van der Waals surface area contributed by atoms with Crippen LogP contribution in [0.5, 0.6) is 5.75 Å². The molecule has 2 rings (SSSR count). The van der Waals surface area contributed by atoms with Crippen molar-refractivity contribution in [1.82, 2.24) is 0 Å². The highest BCUT2D eigenvalue weighted by Gasteiger charge is 2.09. The topological polar surface area (TPSA) is 41.5 Å². The van der Waals surface area contributed by atoms with Crippen LogP contribution in [0.3, 0.4) is 0 Å². The molecular formula is C16H18ClNO2.